The molecule has 0 spiro atoms. The van der Waals surface area contributed by atoms with Crippen molar-refractivity contribution in [2.24, 2.45) is 0 Å². The Morgan fingerprint density at radius 3 is 2.83 bits per heavy atom. The fourth-order valence-corrected chi connectivity index (χ4v) is 3.16. The zero-order chi connectivity index (χ0) is 17.1. The highest BCUT2D eigenvalue weighted by molar-refractivity contribution is 6.32. The van der Waals surface area contributed by atoms with Gasteiger partial charge in [0, 0.05) is 32.3 Å². The predicted octanol–water partition coefficient (Wildman–Crippen LogP) is 2.27. The third kappa shape index (κ3) is 3.59. The zero-order valence-corrected chi connectivity index (χ0v) is 14.2. The Kier molecular flexibility index (Phi) is 4.85. The van der Waals surface area contributed by atoms with Gasteiger partial charge in [-0.2, -0.15) is 5.10 Å². The summed E-state index contributed by atoms with van der Waals surface area (Å²) in [4.78, 5) is 25.6. The Morgan fingerprint density at radius 2 is 2.08 bits per heavy atom. The van der Waals surface area contributed by atoms with Crippen molar-refractivity contribution in [3.05, 3.63) is 47.2 Å². The first-order chi connectivity index (χ1) is 11.5. The lowest BCUT2D eigenvalue weighted by molar-refractivity contribution is -0.120. The Labute approximate surface area is 145 Å². The molecule has 1 atom stereocenters. The van der Waals surface area contributed by atoms with Gasteiger partial charge in [-0.3, -0.25) is 9.59 Å². The van der Waals surface area contributed by atoms with Gasteiger partial charge in [0.2, 0.25) is 5.91 Å². The van der Waals surface area contributed by atoms with Crippen molar-refractivity contribution in [2.45, 2.75) is 25.8 Å². The summed E-state index contributed by atoms with van der Waals surface area (Å²) in [7, 11) is 0. The van der Waals surface area contributed by atoms with Crippen LogP contribution < -0.4 is 5.32 Å². The summed E-state index contributed by atoms with van der Waals surface area (Å²) >= 11 is 6.17. The van der Waals surface area contributed by atoms with Gasteiger partial charge in [-0.15, -0.1) is 0 Å². The normalized spacial score (nSPS) is 17.6. The average Bonchev–Trinajstić information content (AvgIpc) is 3.04. The first-order valence-electron chi connectivity index (χ1n) is 7.91. The standard InChI is InChI=1S/C17H19ClN4O2/c1-12(23)19-13-5-4-9-21(11-13)17(24)15-8-10-22(20-15)16-7-3-2-6-14(16)18/h2-3,6-8,10,13H,4-5,9,11H2,1H3,(H,19,23). The number of para-hydroxylation sites is 1. The van der Waals surface area contributed by atoms with Gasteiger partial charge in [0.1, 0.15) is 0 Å². The first-order valence-corrected chi connectivity index (χ1v) is 8.29. The number of aromatic nitrogens is 2. The number of carbonyl (C=O) groups is 2. The van der Waals surface area contributed by atoms with Crippen molar-refractivity contribution >= 4 is 23.4 Å². The highest BCUT2D eigenvalue weighted by Gasteiger charge is 2.26. The number of nitrogens with one attached hydrogen (secondary N) is 1. The molecular weight excluding hydrogens is 328 g/mol. The zero-order valence-electron chi connectivity index (χ0n) is 13.4. The summed E-state index contributed by atoms with van der Waals surface area (Å²) in [5.41, 5.74) is 1.10. The Hall–Kier alpha value is -2.34. The third-order valence-corrected chi connectivity index (χ3v) is 4.34. The van der Waals surface area contributed by atoms with Gasteiger partial charge in [0.25, 0.3) is 5.91 Å². The van der Waals surface area contributed by atoms with Crippen LogP contribution in [0.2, 0.25) is 5.02 Å². The third-order valence-electron chi connectivity index (χ3n) is 4.02. The lowest BCUT2D eigenvalue weighted by Crippen LogP contribution is -2.49. The van der Waals surface area contributed by atoms with Crippen LogP contribution in [0.5, 0.6) is 0 Å². The number of piperidine rings is 1. The molecule has 3 rings (SSSR count). The van der Waals surface area contributed by atoms with Crippen molar-refractivity contribution in [1.29, 1.82) is 0 Å². The summed E-state index contributed by atoms with van der Waals surface area (Å²) < 4.78 is 1.60. The number of amides is 2. The van der Waals surface area contributed by atoms with E-state index in [0.717, 1.165) is 18.5 Å². The second-order valence-electron chi connectivity index (χ2n) is 5.89. The summed E-state index contributed by atoms with van der Waals surface area (Å²) in [6.45, 7) is 2.68. The highest BCUT2D eigenvalue weighted by atomic mass is 35.5. The lowest BCUT2D eigenvalue weighted by Gasteiger charge is -2.32. The van der Waals surface area contributed by atoms with Gasteiger partial charge < -0.3 is 10.2 Å². The van der Waals surface area contributed by atoms with Crippen LogP contribution in [0.4, 0.5) is 0 Å². The number of halogens is 1. The van der Waals surface area contributed by atoms with Crippen LogP contribution in [0.25, 0.3) is 5.69 Å². The van der Waals surface area contributed by atoms with Crippen molar-refractivity contribution in [3.63, 3.8) is 0 Å². The molecule has 2 amide bonds. The molecule has 1 aromatic carbocycles. The minimum atomic E-state index is -0.129. The van der Waals surface area contributed by atoms with E-state index in [1.165, 1.54) is 6.92 Å². The van der Waals surface area contributed by atoms with Gasteiger partial charge in [-0.1, -0.05) is 23.7 Å². The SMILES string of the molecule is CC(=O)NC1CCCN(C(=O)c2ccn(-c3ccccc3Cl)n2)C1. The van der Waals surface area contributed by atoms with E-state index in [4.69, 9.17) is 11.6 Å². The fraction of sp³-hybridized carbons (Fsp3) is 0.353. The quantitative estimate of drug-likeness (QED) is 0.927. The molecule has 7 heteroatoms. The van der Waals surface area contributed by atoms with Crippen LogP contribution in [0.1, 0.15) is 30.3 Å². The molecule has 126 valence electrons. The number of hydrogen-bond donors (Lipinski definition) is 1. The monoisotopic (exact) mass is 346 g/mol. The van der Waals surface area contributed by atoms with Crippen molar-refractivity contribution in [2.75, 3.05) is 13.1 Å². The van der Waals surface area contributed by atoms with Crippen molar-refractivity contribution < 1.29 is 9.59 Å². The van der Waals surface area contributed by atoms with E-state index >= 15 is 0 Å². The van der Waals surface area contributed by atoms with Gasteiger partial charge >= 0.3 is 0 Å². The van der Waals surface area contributed by atoms with Gasteiger partial charge in [-0.25, -0.2) is 4.68 Å². The van der Waals surface area contributed by atoms with Crippen LogP contribution in [0.15, 0.2) is 36.5 Å². The molecule has 1 fully saturated rings. The molecule has 24 heavy (non-hydrogen) atoms. The van der Waals surface area contributed by atoms with Crippen molar-refractivity contribution in [3.8, 4) is 5.69 Å². The van der Waals surface area contributed by atoms with Crippen molar-refractivity contribution in [1.82, 2.24) is 20.0 Å². The Balaban J connectivity index is 1.74. The van der Waals surface area contributed by atoms with E-state index in [2.05, 4.69) is 10.4 Å². The number of rotatable bonds is 3. The summed E-state index contributed by atoms with van der Waals surface area (Å²) in [5, 5.41) is 7.81. The van der Waals surface area contributed by atoms with E-state index in [0.29, 0.717) is 23.8 Å². The second-order valence-corrected chi connectivity index (χ2v) is 6.30. The Bertz CT molecular complexity index is 759. The maximum absolute atomic E-state index is 12.7. The fourth-order valence-electron chi connectivity index (χ4n) is 2.94. The molecule has 0 radical (unpaired) electrons. The van der Waals surface area contributed by atoms with Crippen LogP contribution in [-0.4, -0.2) is 45.6 Å². The Morgan fingerprint density at radius 1 is 1.29 bits per heavy atom. The number of hydrogen-bond acceptors (Lipinski definition) is 3. The summed E-state index contributed by atoms with van der Waals surface area (Å²) in [6, 6.07) is 9.03. The molecule has 1 saturated heterocycles. The van der Waals surface area contributed by atoms with Gasteiger partial charge in [0.05, 0.1) is 10.7 Å². The lowest BCUT2D eigenvalue weighted by atomic mass is 10.1. The number of nitrogens with zero attached hydrogens (tertiary/aromatic N) is 3. The van der Waals surface area contributed by atoms with Crippen LogP contribution in [-0.2, 0) is 4.79 Å². The molecule has 2 aromatic rings. The van der Waals surface area contributed by atoms with Crippen LogP contribution in [0, 0.1) is 0 Å². The van der Waals surface area contributed by atoms with E-state index in [1.54, 1.807) is 27.9 Å². The van der Waals surface area contributed by atoms with E-state index in [9.17, 15) is 9.59 Å². The van der Waals surface area contributed by atoms with E-state index in [-0.39, 0.29) is 17.9 Å². The van der Waals surface area contributed by atoms with E-state index < -0.39 is 0 Å². The van der Waals surface area contributed by atoms with Gasteiger partial charge in [-0.05, 0) is 31.0 Å². The average molecular weight is 347 g/mol. The second kappa shape index (κ2) is 7.05. The molecule has 1 aliphatic heterocycles. The number of benzene rings is 1. The summed E-state index contributed by atoms with van der Waals surface area (Å²) in [6.07, 6.45) is 3.48. The first kappa shape index (κ1) is 16.5. The number of likely N-dealkylation sites (tertiary alicyclic amines) is 1. The molecule has 1 aliphatic rings. The molecule has 1 N–H and O–H groups in total. The summed E-state index contributed by atoms with van der Waals surface area (Å²) in [5.74, 6) is -0.201. The molecule has 0 saturated carbocycles. The molecule has 1 aromatic heterocycles. The topological polar surface area (TPSA) is 67.2 Å². The van der Waals surface area contributed by atoms with Crippen LogP contribution in [0.3, 0.4) is 0 Å². The minimum Gasteiger partial charge on any atom is -0.352 e. The largest absolute Gasteiger partial charge is 0.352 e. The molecule has 2 heterocycles. The highest BCUT2D eigenvalue weighted by Crippen LogP contribution is 2.20. The maximum Gasteiger partial charge on any atom is 0.274 e. The van der Waals surface area contributed by atoms with Crippen LogP contribution >= 0.6 is 11.6 Å². The maximum atomic E-state index is 12.7. The predicted molar refractivity (Wildman–Crippen MR) is 91.3 cm³/mol. The molecule has 1 unspecified atom stereocenters. The number of carbonyl (C=O) groups excluding carboxylic acids is 2. The smallest absolute Gasteiger partial charge is 0.274 e. The molecule has 0 bridgehead atoms. The van der Waals surface area contributed by atoms with Gasteiger partial charge in [0.15, 0.2) is 5.69 Å². The minimum absolute atomic E-state index is 0.00542. The molecule has 0 aliphatic carbocycles. The molecule has 6 nitrogen and oxygen atoms in total. The molecular formula is C17H19ClN4O2. The van der Waals surface area contributed by atoms with E-state index in [1.807, 2.05) is 18.2 Å².